The molecule has 6 nitrogen and oxygen atoms in total. The van der Waals surface area contributed by atoms with Crippen molar-refractivity contribution in [2.45, 2.75) is 39.9 Å². The lowest BCUT2D eigenvalue weighted by Gasteiger charge is -2.35. The maximum absolute atomic E-state index is 10.1. The molecule has 0 unspecified atom stereocenters. The molecule has 0 amide bonds. The van der Waals surface area contributed by atoms with Gasteiger partial charge in [-0.05, 0) is 47.7 Å². The van der Waals surface area contributed by atoms with E-state index in [2.05, 4.69) is 0 Å². The van der Waals surface area contributed by atoms with Crippen molar-refractivity contribution in [1.82, 2.24) is 0 Å². The van der Waals surface area contributed by atoms with Crippen LogP contribution in [-0.2, 0) is 34.9 Å². The molecule has 2 aliphatic heterocycles. The van der Waals surface area contributed by atoms with E-state index in [1.165, 1.54) is 0 Å². The first kappa shape index (κ1) is 24.9. The number of aryl methyl sites for hydroxylation is 2. The molecule has 0 bridgehead atoms. The molecule has 2 heterocycles. The normalized spacial score (nSPS) is 14.9. The van der Waals surface area contributed by atoms with Gasteiger partial charge in [-0.1, -0.05) is 79.7 Å². The van der Waals surface area contributed by atoms with Crippen LogP contribution in [-0.4, -0.2) is 19.3 Å². The van der Waals surface area contributed by atoms with E-state index in [4.69, 9.17) is 17.7 Å². The van der Waals surface area contributed by atoms with E-state index in [0.29, 0.717) is 31.1 Å². The fourth-order valence-corrected chi connectivity index (χ4v) is 6.33. The van der Waals surface area contributed by atoms with Crippen molar-refractivity contribution in [1.29, 1.82) is 0 Å². The summed E-state index contributed by atoms with van der Waals surface area (Å²) in [5.74, 6) is 2.25. The maximum atomic E-state index is 10.1. The molecule has 190 valence electrons. The Morgan fingerprint density at radius 3 is 1.78 bits per heavy atom. The van der Waals surface area contributed by atoms with Gasteiger partial charge in [0.25, 0.3) is 0 Å². The largest absolute Gasteiger partial charge is 1.00 e. The number of rotatable bonds is 3. The molecule has 0 fully saturated rings. The van der Waals surface area contributed by atoms with Gasteiger partial charge in [0.1, 0.15) is 23.0 Å². The lowest BCUT2D eigenvalue weighted by molar-refractivity contribution is 0.00537. The van der Waals surface area contributed by atoms with Gasteiger partial charge in [-0.2, -0.15) is 0 Å². The van der Waals surface area contributed by atoms with Crippen LogP contribution in [0.4, 0.5) is 0 Å². The molecule has 0 saturated carbocycles. The molecule has 0 saturated heterocycles. The zero-order valence-electron chi connectivity index (χ0n) is 21.9. The Morgan fingerprint density at radius 1 is 0.676 bits per heavy atom. The Bertz CT molecular complexity index is 1350. The third kappa shape index (κ3) is 5.34. The van der Waals surface area contributed by atoms with E-state index in [-0.39, 0.29) is 1.43 Å². The van der Waals surface area contributed by atoms with Crippen molar-refractivity contribution in [3.63, 3.8) is 0 Å². The standard InChI is InChI=1S/C16H18O2.C14H12O4Si/c1-3-12-7-5-9-14(16(12)18)10-13-8-4-6-11(2)15(13)17;1-3-7-13-11(5-1)9-15-19(17-13)16-10-12-6-2-4-8-14(12)18-19/h4-9,17-18H,3,10H2,1-2H3;1-8H,9-10H2/p+1. The van der Waals surface area contributed by atoms with Gasteiger partial charge in [0, 0.05) is 17.5 Å². The van der Waals surface area contributed by atoms with Gasteiger partial charge in [-0.15, -0.1) is 0 Å². The Kier molecular flexibility index (Phi) is 7.19. The Balaban J connectivity index is 0.000000173. The SMILES string of the molecule is CCc1cccc(Cc2cccc(C)c2O)c1O.[H+].c1ccc2c(c1)CO[Si]1(OCc3ccccc3O1)O2. The highest BCUT2D eigenvalue weighted by atomic mass is 28.4. The summed E-state index contributed by atoms with van der Waals surface area (Å²) in [5, 5.41) is 20.1. The van der Waals surface area contributed by atoms with Gasteiger partial charge in [-0.25, -0.2) is 0 Å². The summed E-state index contributed by atoms with van der Waals surface area (Å²) >= 11 is 0. The Labute approximate surface area is 219 Å². The Hall–Kier alpha value is -3.78. The lowest BCUT2D eigenvalue weighted by Crippen LogP contribution is -2.58. The lowest BCUT2D eigenvalue weighted by atomic mass is 9.98. The number of benzene rings is 4. The molecular formula is C30H31O6Si+. The van der Waals surface area contributed by atoms with Crippen LogP contribution in [0, 0.1) is 6.92 Å². The summed E-state index contributed by atoms with van der Waals surface area (Å²) in [4.78, 5) is 0. The summed E-state index contributed by atoms with van der Waals surface area (Å²) in [6.07, 6.45) is 1.35. The summed E-state index contributed by atoms with van der Waals surface area (Å²) < 4.78 is 23.3. The molecule has 0 aliphatic carbocycles. The molecular weight excluding hydrogens is 484 g/mol. The molecule has 7 heteroatoms. The molecule has 4 aromatic carbocycles. The van der Waals surface area contributed by atoms with Gasteiger partial charge in [0.2, 0.25) is 0 Å². The average Bonchev–Trinajstić information content (AvgIpc) is 2.92. The van der Waals surface area contributed by atoms with E-state index in [1.54, 1.807) is 0 Å². The highest BCUT2D eigenvalue weighted by molar-refractivity contribution is 6.55. The van der Waals surface area contributed by atoms with Crippen LogP contribution in [0.1, 0.15) is 41.7 Å². The van der Waals surface area contributed by atoms with Crippen molar-refractivity contribution >= 4 is 9.05 Å². The second-order valence-electron chi connectivity index (χ2n) is 9.03. The van der Waals surface area contributed by atoms with Crippen molar-refractivity contribution in [2.75, 3.05) is 0 Å². The van der Waals surface area contributed by atoms with Crippen LogP contribution in [0.25, 0.3) is 0 Å². The number of phenols is 2. The molecule has 2 N–H and O–H groups in total. The number of phenolic OH excluding ortho intramolecular Hbond substituents is 2. The van der Waals surface area contributed by atoms with Gasteiger partial charge < -0.3 is 27.9 Å². The first-order chi connectivity index (χ1) is 18.0. The third-order valence-corrected chi connectivity index (χ3v) is 8.45. The molecule has 1 spiro atoms. The van der Waals surface area contributed by atoms with Gasteiger partial charge in [-0.3, -0.25) is 0 Å². The molecule has 0 atom stereocenters. The van der Waals surface area contributed by atoms with Crippen molar-refractivity contribution in [2.24, 2.45) is 0 Å². The number of hydrogen-bond donors (Lipinski definition) is 2. The zero-order chi connectivity index (χ0) is 25.8. The highest BCUT2D eigenvalue weighted by Gasteiger charge is 2.56. The van der Waals surface area contributed by atoms with E-state index >= 15 is 0 Å². The number of fused-ring (bicyclic) bond motifs is 2. The summed E-state index contributed by atoms with van der Waals surface area (Å²) in [6, 6.07) is 27.0. The fraction of sp³-hybridized carbons (Fsp3) is 0.200. The topological polar surface area (TPSA) is 77.4 Å². The van der Waals surface area contributed by atoms with E-state index < -0.39 is 9.05 Å². The van der Waals surface area contributed by atoms with Crippen LogP contribution in [0.2, 0.25) is 0 Å². The molecule has 4 aromatic rings. The van der Waals surface area contributed by atoms with Crippen molar-refractivity contribution in [3.05, 3.63) is 118 Å². The minimum Gasteiger partial charge on any atom is -0.507 e. The summed E-state index contributed by atoms with van der Waals surface area (Å²) in [6.45, 7) is 4.82. The van der Waals surface area contributed by atoms with E-state index in [1.807, 2.05) is 98.8 Å². The van der Waals surface area contributed by atoms with Crippen LogP contribution in [0.15, 0.2) is 84.9 Å². The minimum absolute atomic E-state index is 0. The van der Waals surface area contributed by atoms with Crippen molar-refractivity contribution < 1.29 is 29.3 Å². The molecule has 6 rings (SSSR count). The summed E-state index contributed by atoms with van der Waals surface area (Å²) in [7, 11) is -3.07. The summed E-state index contributed by atoms with van der Waals surface area (Å²) in [5.41, 5.74) is 5.55. The van der Waals surface area contributed by atoms with Crippen LogP contribution >= 0.6 is 0 Å². The fourth-order valence-electron chi connectivity index (χ4n) is 4.37. The van der Waals surface area contributed by atoms with Crippen LogP contribution in [0.3, 0.4) is 0 Å². The van der Waals surface area contributed by atoms with Gasteiger partial charge in [0.05, 0.1) is 13.2 Å². The second-order valence-corrected chi connectivity index (χ2v) is 11.0. The number of para-hydroxylation sites is 4. The van der Waals surface area contributed by atoms with Crippen LogP contribution in [0.5, 0.6) is 23.0 Å². The number of hydrogen-bond acceptors (Lipinski definition) is 6. The predicted octanol–water partition coefficient (Wildman–Crippen LogP) is 6.31. The molecule has 2 aliphatic rings. The van der Waals surface area contributed by atoms with Gasteiger partial charge in [0.15, 0.2) is 0 Å². The number of aromatic hydroxyl groups is 2. The zero-order valence-corrected chi connectivity index (χ0v) is 21.9. The first-order valence-corrected chi connectivity index (χ1v) is 14.0. The molecule has 0 aromatic heterocycles. The van der Waals surface area contributed by atoms with E-state index in [9.17, 15) is 10.2 Å². The highest BCUT2D eigenvalue weighted by Crippen LogP contribution is 2.36. The Morgan fingerprint density at radius 2 is 1.19 bits per heavy atom. The third-order valence-electron chi connectivity index (χ3n) is 6.51. The monoisotopic (exact) mass is 515 g/mol. The smallest absolute Gasteiger partial charge is 0.507 e. The van der Waals surface area contributed by atoms with Crippen molar-refractivity contribution in [3.8, 4) is 23.0 Å². The molecule has 37 heavy (non-hydrogen) atoms. The minimum atomic E-state index is -3.07. The second kappa shape index (κ2) is 10.7. The van der Waals surface area contributed by atoms with E-state index in [0.717, 1.165) is 51.3 Å². The quantitative estimate of drug-likeness (QED) is 0.311. The predicted molar refractivity (Wildman–Crippen MR) is 144 cm³/mol. The molecule has 0 radical (unpaired) electrons. The maximum Gasteiger partial charge on any atom is 1.00 e. The average molecular weight is 516 g/mol. The first-order valence-electron chi connectivity index (χ1n) is 12.4. The van der Waals surface area contributed by atoms with Crippen LogP contribution < -0.4 is 8.85 Å². The van der Waals surface area contributed by atoms with Gasteiger partial charge >= 0.3 is 10.5 Å².